The summed E-state index contributed by atoms with van der Waals surface area (Å²) in [7, 11) is 0. The Hall–Kier alpha value is -0.380. The molecule has 0 aromatic carbocycles. The van der Waals surface area contributed by atoms with Gasteiger partial charge >= 0.3 is 0 Å². The van der Waals surface area contributed by atoms with E-state index < -0.39 is 22.2 Å². The molecule has 0 heterocycles. The van der Waals surface area contributed by atoms with Crippen molar-refractivity contribution in [2.24, 2.45) is 34.5 Å². The van der Waals surface area contributed by atoms with Gasteiger partial charge in [0.05, 0.1) is 0 Å². The molecule has 4 aliphatic carbocycles. The summed E-state index contributed by atoms with van der Waals surface area (Å²) < 4.78 is 0. The van der Waals surface area contributed by atoms with E-state index in [1.54, 1.807) is 0 Å². The summed E-state index contributed by atoms with van der Waals surface area (Å²) >= 11 is 0. The highest BCUT2D eigenvalue weighted by Gasteiger charge is 2.78. The van der Waals surface area contributed by atoms with Crippen LogP contribution in [0.3, 0.4) is 0 Å². The average Bonchev–Trinajstić information content (AvgIpc) is 2.98. The molecule has 178 valence electrons. The molecule has 0 aromatic heterocycles. The largest absolute Gasteiger partial charge is 0.386 e. The zero-order valence-corrected chi connectivity index (χ0v) is 21.0. The van der Waals surface area contributed by atoms with Crippen molar-refractivity contribution in [3.63, 3.8) is 0 Å². The molecule has 3 fully saturated rings. The van der Waals surface area contributed by atoms with Crippen molar-refractivity contribution in [3.05, 3.63) is 11.6 Å². The van der Waals surface area contributed by atoms with Crippen LogP contribution in [-0.4, -0.2) is 32.1 Å². The van der Waals surface area contributed by atoms with Gasteiger partial charge in [-0.15, -0.1) is 0 Å². The molecule has 4 aliphatic rings. The van der Waals surface area contributed by atoms with Crippen molar-refractivity contribution in [3.8, 4) is 0 Å². The normalized spacial score (nSPS) is 50.5. The van der Waals surface area contributed by atoms with Crippen molar-refractivity contribution in [2.45, 2.75) is 129 Å². The van der Waals surface area contributed by atoms with Crippen LogP contribution in [0.15, 0.2) is 11.6 Å². The van der Waals surface area contributed by atoms with Crippen molar-refractivity contribution >= 4 is 0 Å². The number of fused-ring (bicyclic) bond motifs is 5. The summed E-state index contributed by atoms with van der Waals surface area (Å²) in [5.74, 6) is 2.31. The van der Waals surface area contributed by atoms with Crippen LogP contribution in [0, 0.1) is 34.5 Å². The molecule has 0 aromatic rings. The number of aliphatic hydroxyl groups is 3. The van der Waals surface area contributed by atoms with Crippen LogP contribution >= 0.6 is 0 Å². The third kappa shape index (κ3) is 3.01. The minimum absolute atomic E-state index is 0.338. The van der Waals surface area contributed by atoms with Crippen LogP contribution in [0.2, 0.25) is 0 Å². The summed E-state index contributed by atoms with van der Waals surface area (Å²) in [6, 6.07) is 0. The Morgan fingerprint density at radius 1 is 0.903 bits per heavy atom. The molecule has 0 amide bonds. The lowest BCUT2D eigenvalue weighted by Gasteiger charge is -2.69. The van der Waals surface area contributed by atoms with E-state index in [4.69, 9.17) is 0 Å². The first-order valence-corrected chi connectivity index (χ1v) is 13.2. The molecule has 3 heteroatoms. The van der Waals surface area contributed by atoms with Crippen molar-refractivity contribution in [1.29, 1.82) is 0 Å². The zero-order valence-electron chi connectivity index (χ0n) is 21.0. The van der Waals surface area contributed by atoms with Gasteiger partial charge in [-0.05, 0) is 68.6 Å². The van der Waals surface area contributed by atoms with Gasteiger partial charge in [-0.1, -0.05) is 72.5 Å². The lowest BCUT2D eigenvalue weighted by molar-refractivity contribution is -0.335. The molecular formula is C28H48O3. The predicted octanol–water partition coefficient (Wildman–Crippen LogP) is 6.01. The summed E-state index contributed by atoms with van der Waals surface area (Å²) in [6.45, 7) is 13.6. The average molecular weight is 433 g/mol. The first-order chi connectivity index (χ1) is 14.3. The summed E-state index contributed by atoms with van der Waals surface area (Å²) in [5, 5.41) is 37.0. The van der Waals surface area contributed by atoms with Crippen LogP contribution in [0.5, 0.6) is 0 Å². The van der Waals surface area contributed by atoms with Crippen LogP contribution in [-0.2, 0) is 0 Å². The van der Waals surface area contributed by atoms with Gasteiger partial charge in [0.2, 0.25) is 0 Å². The quantitative estimate of drug-likeness (QED) is 0.466. The van der Waals surface area contributed by atoms with Crippen molar-refractivity contribution < 1.29 is 15.3 Å². The Bertz CT molecular complexity index is 730. The Kier molecular flexibility index (Phi) is 5.80. The molecule has 0 saturated heterocycles. The highest BCUT2D eigenvalue weighted by Crippen LogP contribution is 2.71. The highest BCUT2D eigenvalue weighted by molar-refractivity contribution is 5.38. The summed E-state index contributed by atoms with van der Waals surface area (Å²) in [6.07, 6.45) is 12.2. The van der Waals surface area contributed by atoms with Gasteiger partial charge in [-0.25, -0.2) is 0 Å². The number of hydrogen-bond acceptors (Lipinski definition) is 3. The summed E-state index contributed by atoms with van der Waals surface area (Å²) in [5.41, 5.74) is -3.37. The maximum atomic E-state index is 12.3. The molecular weight excluding hydrogens is 384 g/mol. The van der Waals surface area contributed by atoms with Gasteiger partial charge in [0.25, 0.3) is 0 Å². The van der Waals surface area contributed by atoms with Crippen LogP contribution in [0.25, 0.3) is 0 Å². The summed E-state index contributed by atoms with van der Waals surface area (Å²) in [4.78, 5) is 0. The smallest absolute Gasteiger partial charge is 0.127 e. The fraction of sp³-hybridized carbons (Fsp3) is 0.929. The van der Waals surface area contributed by atoms with Crippen LogP contribution in [0.4, 0.5) is 0 Å². The molecule has 0 radical (unpaired) electrons. The molecule has 0 spiro atoms. The van der Waals surface area contributed by atoms with Crippen LogP contribution < -0.4 is 0 Å². The molecule has 31 heavy (non-hydrogen) atoms. The van der Waals surface area contributed by atoms with Gasteiger partial charge in [-0.3, -0.25) is 0 Å². The fourth-order valence-electron chi connectivity index (χ4n) is 8.82. The predicted molar refractivity (Wildman–Crippen MR) is 127 cm³/mol. The van der Waals surface area contributed by atoms with E-state index in [0.29, 0.717) is 37.0 Å². The molecule has 3 nitrogen and oxygen atoms in total. The maximum Gasteiger partial charge on any atom is 0.127 e. The maximum absolute atomic E-state index is 12.3. The zero-order chi connectivity index (χ0) is 22.9. The Morgan fingerprint density at radius 2 is 1.61 bits per heavy atom. The van der Waals surface area contributed by atoms with Gasteiger partial charge in [-0.2, -0.15) is 0 Å². The van der Waals surface area contributed by atoms with Crippen molar-refractivity contribution in [1.82, 2.24) is 0 Å². The van der Waals surface area contributed by atoms with E-state index >= 15 is 0 Å². The molecule has 8 atom stereocenters. The second kappa shape index (κ2) is 7.57. The number of rotatable bonds is 5. The van der Waals surface area contributed by atoms with Gasteiger partial charge in [0, 0.05) is 17.3 Å². The second-order valence-electron chi connectivity index (χ2n) is 13.1. The van der Waals surface area contributed by atoms with Crippen LogP contribution in [0.1, 0.15) is 112 Å². The van der Waals surface area contributed by atoms with E-state index in [1.165, 1.54) is 24.8 Å². The first-order valence-electron chi connectivity index (χ1n) is 13.2. The van der Waals surface area contributed by atoms with Gasteiger partial charge in [0.1, 0.15) is 16.8 Å². The lowest BCUT2D eigenvalue weighted by Crippen LogP contribution is -2.80. The topological polar surface area (TPSA) is 60.7 Å². The van der Waals surface area contributed by atoms with E-state index in [1.807, 2.05) is 0 Å². The van der Waals surface area contributed by atoms with E-state index in [0.717, 1.165) is 38.0 Å². The third-order valence-corrected chi connectivity index (χ3v) is 11.1. The third-order valence-electron chi connectivity index (χ3n) is 11.1. The number of hydrogen-bond donors (Lipinski definition) is 3. The minimum atomic E-state index is -1.46. The molecule has 3 N–H and O–H groups in total. The Balaban J connectivity index is 1.66. The molecule has 2 unspecified atom stereocenters. The van der Waals surface area contributed by atoms with E-state index in [-0.39, 0.29) is 5.41 Å². The molecule has 4 rings (SSSR count). The molecule has 3 saturated carbocycles. The van der Waals surface area contributed by atoms with Gasteiger partial charge in [0.15, 0.2) is 0 Å². The van der Waals surface area contributed by atoms with E-state index in [2.05, 4.69) is 47.6 Å². The Labute approximate surface area is 190 Å². The van der Waals surface area contributed by atoms with E-state index in [9.17, 15) is 15.3 Å². The first kappa shape index (κ1) is 23.8. The second-order valence-corrected chi connectivity index (χ2v) is 13.1. The molecule has 0 aliphatic heterocycles. The Morgan fingerprint density at radius 3 is 2.29 bits per heavy atom. The highest BCUT2D eigenvalue weighted by atomic mass is 16.4. The minimum Gasteiger partial charge on any atom is -0.386 e. The molecule has 0 bridgehead atoms. The fourth-order valence-corrected chi connectivity index (χ4v) is 8.82. The standard InChI is InChI=1S/C28H48O3/c1-19(2)8-7-9-21(4)23-12-15-26(29)25(23,6)16-17-27(30)24(5)13-10-20(3)18-22(24)11-14-28(26,27)31/h11,19-21,23,29-31H,7-10,12-18H2,1-6H3/t20?,21?,23-,24+,25-,26+,27+,28-/m1/s1. The monoisotopic (exact) mass is 432 g/mol. The lowest BCUT2D eigenvalue weighted by atomic mass is 9.41. The van der Waals surface area contributed by atoms with Gasteiger partial charge < -0.3 is 15.3 Å². The SMILES string of the molecule is CC(C)CCCC(C)[C@H]1CC[C@@]2(O)[C@]3(O)CC=C4CC(C)CC[C@]4(C)[C@@]3(O)CC[C@]12C. The van der Waals surface area contributed by atoms with Crippen molar-refractivity contribution in [2.75, 3.05) is 0 Å².